The van der Waals surface area contributed by atoms with Gasteiger partial charge in [-0.2, -0.15) is 0 Å². The number of aryl methyl sites for hydroxylation is 2. The van der Waals surface area contributed by atoms with Crippen molar-refractivity contribution in [1.82, 2.24) is 10.3 Å². The largest absolute Gasteiger partial charge is 0.340 e. The molecule has 0 fully saturated rings. The van der Waals surface area contributed by atoms with E-state index < -0.39 is 0 Å². The van der Waals surface area contributed by atoms with Crippen LogP contribution in [-0.4, -0.2) is 17.4 Å². The standard InChI is InChI=1S/C10H12N2OS/c1-4-6-11-10(13)9-7(3)12-8(5-2)14-9/h1H,5-6H2,2-3H3,(H,11,13). The number of hydrogen-bond donors (Lipinski definition) is 1. The lowest BCUT2D eigenvalue weighted by atomic mass is 10.3. The van der Waals surface area contributed by atoms with Gasteiger partial charge in [0.1, 0.15) is 4.88 Å². The van der Waals surface area contributed by atoms with E-state index in [9.17, 15) is 4.79 Å². The summed E-state index contributed by atoms with van der Waals surface area (Å²) in [6.07, 6.45) is 5.90. The van der Waals surface area contributed by atoms with E-state index in [2.05, 4.69) is 16.2 Å². The molecular weight excluding hydrogens is 196 g/mol. The highest BCUT2D eigenvalue weighted by molar-refractivity contribution is 7.13. The summed E-state index contributed by atoms with van der Waals surface area (Å²) in [5, 5.41) is 3.60. The van der Waals surface area contributed by atoms with Gasteiger partial charge in [0, 0.05) is 0 Å². The average Bonchev–Trinajstić information content (AvgIpc) is 2.56. The molecule has 0 aromatic carbocycles. The third-order valence-electron chi connectivity index (χ3n) is 1.70. The Morgan fingerprint density at radius 1 is 1.71 bits per heavy atom. The lowest BCUT2D eigenvalue weighted by Gasteiger charge is -1.97. The van der Waals surface area contributed by atoms with Crippen LogP contribution in [0.1, 0.15) is 27.3 Å². The first kappa shape index (κ1) is 10.7. The Morgan fingerprint density at radius 2 is 2.43 bits per heavy atom. The predicted octanol–water partition coefficient (Wildman–Crippen LogP) is 1.38. The van der Waals surface area contributed by atoms with Crippen LogP contribution in [0.5, 0.6) is 0 Å². The molecule has 0 unspecified atom stereocenters. The topological polar surface area (TPSA) is 42.0 Å². The Balaban J connectivity index is 2.79. The van der Waals surface area contributed by atoms with Crippen molar-refractivity contribution in [3.05, 3.63) is 15.6 Å². The minimum absolute atomic E-state index is 0.127. The molecule has 1 rings (SSSR count). The van der Waals surface area contributed by atoms with Crippen LogP contribution in [-0.2, 0) is 6.42 Å². The molecule has 74 valence electrons. The van der Waals surface area contributed by atoms with Crippen LogP contribution >= 0.6 is 11.3 Å². The van der Waals surface area contributed by atoms with E-state index in [1.807, 2.05) is 13.8 Å². The van der Waals surface area contributed by atoms with E-state index >= 15 is 0 Å². The van der Waals surface area contributed by atoms with Crippen LogP contribution < -0.4 is 5.32 Å². The molecule has 0 aliphatic rings. The quantitative estimate of drug-likeness (QED) is 0.762. The van der Waals surface area contributed by atoms with E-state index in [4.69, 9.17) is 6.42 Å². The fourth-order valence-electron chi connectivity index (χ4n) is 1.03. The first-order chi connectivity index (χ1) is 6.69. The number of terminal acetylenes is 1. The van der Waals surface area contributed by atoms with Gasteiger partial charge in [-0.15, -0.1) is 17.8 Å². The fourth-order valence-corrected chi connectivity index (χ4v) is 1.95. The summed E-state index contributed by atoms with van der Waals surface area (Å²) < 4.78 is 0. The first-order valence-electron chi connectivity index (χ1n) is 4.37. The van der Waals surface area contributed by atoms with Crippen LogP contribution in [0, 0.1) is 19.3 Å². The maximum absolute atomic E-state index is 11.5. The molecule has 0 saturated heterocycles. The third kappa shape index (κ3) is 2.33. The van der Waals surface area contributed by atoms with E-state index in [1.165, 1.54) is 11.3 Å². The van der Waals surface area contributed by atoms with Gasteiger partial charge in [-0.1, -0.05) is 12.8 Å². The van der Waals surface area contributed by atoms with Gasteiger partial charge in [0.15, 0.2) is 0 Å². The predicted molar refractivity (Wildman–Crippen MR) is 57.4 cm³/mol. The van der Waals surface area contributed by atoms with Crippen molar-refractivity contribution >= 4 is 17.2 Å². The summed E-state index contributed by atoms with van der Waals surface area (Å²) >= 11 is 1.43. The van der Waals surface area contributed by atoms with Crippen LogP contribution in [0.15, 0.2) is 0 Å². The summed E-state index contributed by atoms with van der Waals surface area (Å²) in [6, 6.07) is 0. The molecular formula is C10H12N2OS. The number of hydrogen-bond acceptors (Lipinski definition) is 3. The smallest absolute Gasteiger partial charge is 0.264 e. The zero-order valence-electron chi connectivity index (χ0n) is 8.26. The molecule has 1 amide bonds. The highest BCUT2D eigenvalue weighted by Crippen LogP contribution is 2.17. The van der Waals surface area contributed by atoms with Gasteiger partial charge >= 0.3 is 0 Å². The number of amides is 1. The number of nitrogens with one attached hydrogen (secondary N) is 1. The van der Waals surface area contributed by atoms with E-state index in [1.54, 1.807) is 0 Å². The molecule has 1 aromatic heterocycles. The van der Waals surface area contributed by atoms with Crippen LogP contribution in [0.2, 0.25) is 0 Å². The molecule has 1 heterocycles. The molecule has 1 N–H and O–H groups in total. The maximum Gasteiger partial charge on any atom is 0.264 e. The van der Waals surface area contributed by atoms with Crippen LogP contribution in [0.25, 0.3) is 0 Å². The van der Waals surface area contributed by atoms with Crippen molar-refractivity contribution < 1.29 is 4.79 Å². The normalized spacial score (nSPS) is 9.50. The molecule has 0 bridgehead atoms. The Bertz CT molecular complexity index is 376. The Hall–Kier alpha value is -1.34. The second-order valence-corrected chi connectivity index (χ2v) is 3.85. The maximum atomic E-state index is 11.5. The van der Waals surface area contributed by atoms with Gasteiger partial charge in [-0.05, 0) is 13.3 Å². The lowest BCUT2D eigenvalue weighted by molar-refractivity contribution is 0.0962. The molecule has 0 aliphatic heterocycles. The highest BCUT2D eigenvalue weighted by atomic mass is 32.1. The van der Waals surface area contributed by atoms with Crippen molar-refractivity contribution in [2.24, 2.45) is 0 Å². The van der Waals surface area contributed by atoms with Crippen molar-refractivity contribution in [1.29, 1.82) is 0 Å². The Kier molecular flexibility index (Phi) is 3.66. The van der Waals surface area contributed by atoms with E-state index in [0.29, 0.717) is 4.88 Å². The number of rotatable bonds is 3. The van der Waals surface area contributed by atoms with Crippen molar-refractivity contribution in [3.8, 4) is 12.3 Å². The van der Waals surface area contributed by atoms with Gasteiger partial charge in [-0.3, -0.25) is 4.79 Å². The van der Waals surface area contributed by atoms with Gasteiger partial charge < -0.3 is 5.32 Å². The first-order valence-corrected chi connectivity index (χ1v) is 5.18. The number of carbonyl (C=O) groups excluding carboxylic acids is 1. The van der Waals surface area contributed by atoms with Gasteiger partial charge in [0.05, 0.1) is 17.2 Å². The minimum atomic E-state index is -0.127. The summed E-state index contributed by atoms with van der Waals surface area (Å²) in [5.74, 6) is 2.23. The zero-order chi connectivity index (χ0) is 10.6. The van der Waals surface area contributed by atoms with Crippen molar-refractivity contribution in [2.45, 2.75) is 20.3 Å². The summed E-state index contributed by atoms with van der Waals surface area (Å²) in [5.41, 5.74) is 0.779. The molecule has 0 saturated carbocycles. The fraction of sp³-hybridized carbons (Fsp3) is 0.400. The lowest BCUT2D eigenvalue weighted by Crippen LogP contribution is -2.23. The number of thiazole rings is 1. The van der Waals surface area contributed by atoms with Gasteiger partial charge in [0.2, 0.25) is 0 Å². The van der Waals surface area contributed by atoms with E-state index in [0.717, 1.165) is 17.1 Å². The highest BCUT2D eigenvalue weighted by Gasteiger charge is 2.13. The molecule has 0 aliphatic carbocycles. The Labute approximate surface area is 87.6 Å². The summed E-state index contributed by atoms with van der Waals surface area (Å²) in [4.78, 5) is 16.4. The summed E-state index contributed by atoms with van der Waals surface area (Å²) in [6.45, 7) is 4.11. The molecule has 14 heavy (non-hydrogen) atoms. The third-order valence-corrected chi connectivity index (χ3v) is 3.00. The number of aromatic nitrogens is 1. The van der Waals surface area contributed by atoms with Crippen molar-refractivity contribution in [3.63, 3.8) is 0 Å². The van der Waals surface area contributed by atoms with Gasteiger partial charge in [-0.25, -0.2) is 4.98 Å². The molecule has 1 aromatic rings. The van der Waals surface area contributed by atoms with E-state index in [-0.39, 0.29) is 12.5 Å². The SMILES string of the molecule is C#CCNC(=O)c1sc(CC)nc1C. The summed E-state index contributed by atoms with van der Waals surface area (Å²) in [7, 11) is 0. The second kappa shape index (κ2) is 4.77. The van der Waals surface area contributed by atoms with Crippen LogP contribution in [0.4, 0.5) is 0 Å². The molecule has 0 radical (unpaired) electrons. The van der Waals surface area contributed by atoms with Gasteiger partial charge in [0.25, 0.3) is 5.91 Å². The van der Waals surface area contributed by atoms with Crippen LogP contribution in [0.3, 0.4) is 0 Å². The van der Waals surface area contributed by atoms with Crippen molar-refractivity contribution in [2.75, 3.05) is 6.54 Å². The molecule has 4 heteroatoms. The molecule has 0 atom stereocenters. The second-order valence-electron chi connectivity index (χ2n) is 2.76. The monoisotopic (exact) mass is 208 g/mol. The molecule has 3 nitrogen and oxygen atoms in total. The minimum Gasteiger partial charge on any atom is -0.340 e. The number of nitrogens with zero attached hydrogens (tertiary/aromatic N) is 1. The molecule has 0 spiro atoms. The Morgan fingerprint density at radius 3 is 2.93 bits per heavy atom. The number of carbonyl (C=O) groups is 1. The zero-order valence-corrected chi connectivity index (χ0v) is 9.07. The average molecular weight is 208 g/mol.